The second-order valence-electron chi connectivity index (χ2n) is 6.45. The molecule has 0 bridgehead atoms. The number of rotatable bonds is 8. The molecule has 29 heavy (non-hydrogen) atoms. The molecule has 0 unspecified atom stereocenters. The Balaban J connectivity index is 1.97. The quantitative estimate of drug-likeness (QED) is 0.423. The molecule has 2 heterocycles. The minimum absolute atomic E-state index is 0.102. The van der Waals surface area contributed by atoms with E-state index >= 15 is 0 Å². The fourth-order valence-electron chi connectivity index (χ4n) is 2.53. The topological polar surface area (TPSA) is 109 Å². The second-order valence-corrected chi connectivity index (χ2v) is 6.89. The minimum Gasteiger partial charge on any atom is -0.353 e. The lowest BCUT2D eigenvalue weighted by atomic mass is 10.2. The highest BCUT2D eigenvalue weighted by Crippen LogP contribution is 2.31. The van der Waals surface area contributed by atoms with Crippen LogP contribution in [0.3, 0.4) is 0 Å². The molecule has 0 atom stereocenters. The van der Waals surface area contributed by atoms with Gasteiger partial charge in [0.15, 0.2) is 0 Å². The number of nitrogens with zero attached hydrogens (tertiary/aromatic N) is 5. The lowest BCUT2D eigenvalue weighted by Gasteiger charge is -2.13. The van der Waals surface area contributed by atoms with Gasteiger partial charge in [0, 0.05) is 36.4 Å². The number of benzene rings is 1. The van der Waals surface area contributed by atoms with E-state index in [9.17, 15) is 10.1 Å². The van der Waals surface area contributed by atoms with Crippen molar-refractivity contribution < 1.29 is 4.92 Å². The molecule has 0 amide bonds. The van der Waals surface area contributed by atoms with Crippen LogP contribution in [0, 0.1) is 10.1 Å². The summed E-state index contributed by atoms with van der Waals surface area (Å²) in [5.41, 5.74) is 1.39. The number of nitro benzene ring substituents is 1. The molecule has 0 spiro atoms. The van der Waals surface area contributed by atoms with Gasteiger partial charge in [0.2, 0.25) is 5.95 Å². The summed E-state index contributed by atoms with van der Waals surface area (Å²) in [5.74, 6) is 0.778. The largest absolute Gasteiger partial charge is 0.353 e. The van der Waals surface area contributed by atoms with Crippen molar-refractivity contribution in [3.05, 3.63) is 63.8 Å². The molecule has 10 heteroatoms. The van der Waals surface area contributed by atoms with Crippen LogP contribution in [0.15, 0.2) is 48.7 Å². The third-order valence-corrected chi connectivity index (χ3v) is 4.15. The zero-order chi connectivity index (χ0) is 20.8. The Hall–Kier alpha value is -3.30. The highest BCUT2D eigenvalue weighted by atomic mass is 35.5. The van der Waals surface area contributed by atoms with Gasteiger partial charge in [-0.3, -0.25) is 15.1 Å². The van der Waals surface area contributed by atoms with Crippen LogP contribution in [-0.4, -0.2) is 52.0 Å². The Morgan fingerprint density at radius 2 is 1.97 bits per heavy atom. The molecule has 0 fully saturated rings. The summed E-state index contributed by atoms with van der Waals surface area (Å²) in [6.45, 7) is 1.43. The Morgan fingerprint density at radius 1 is 1.14 bits per heavy atom. The summed E-state index contributed by atoms with van der Waals surface area (Å²) in [6.07, 6.45) is 1.67. The second kappa shape index (κ2) is 9.26. The number of anilines is 3. The fourth-order valence-corrected chi connectivity index (χ4v) is 2.70. The molecule has 3 aromatic rings. The van der Waals surface area contributed by atoms with Crippen LogP contribution in [0.1, 0.15) is 0 Å². The number of likely N-dealkylation sites (N-methyl/N-ethyl adjacent to an activating group) is 1. The maximum atomic E-state index is 11.3. The zero-order valence-electron chi connectivity index (χ0n) is 16.0. The van der Waals surface area contributed by atoms with Crippen LogP contribution >= 0.6 is 11.6 Å². The Kier molecular flexibility index (Phi) is 6.53. The lowest BCUT2D eigenvalue weighted by Crippen LogP contribution is -2.21. The van der Waals surface area contributed by atoms with Crippen molar-refractivity contribution in [3.8, 4) is 11.4 Å². The van der Waals surface area contributed by atoms with E-state index in [1.54, 1.807) is 12.3 Å². The Bertz CT molecular complexity index is 999. The molecular formula is C19H20ClN7O2. The van der Waals surface area contributed by atoms with Crippen LogP contribution in [0.4, 0.5) is 23.1 Å². The number of aromatic nitrogens is 3. The molecule has 0 aliphatic carbocycles. The van der Waals surface area contributed by atoms with E-state index < -0.39 is 4.92 Å². The van der Waals surface area contributed by atoms with Crippen LogP contribution in [-0.2, 0) is 0 Å². The third kappa shape index (κ3) is 5.59. The van der Waals surface area contributed by atoms with E-state index in [0.717, 1.165) is 6.54 Å². The molecule has 0 saturated carbocycles. The Morgan fingerprint density at radius 3 is 2.66 bits per heavy atom. The van der Waals surface area contributed by atoms with Gasteiger partial charge < -0.3 is 15.5 Å². The number of hydrogen-bond donors (Lipinski definition) is 2. The normalized spacial score (nSPS) is 10.8. The molecule has 2 aromatic heterocycles. The smallest absolute Gasteiger partial charge is 0.292 e. The molecule has 150 valence electrons. The highest BCUT2D eigenvalue weighted by Gasteiger charge is 2.16. The standard InChI is InChI=1S/C19H20ClN7O2/c1-26(2)10-9-22-19-24-15(14-5-3-4-8-21-14)12-18(25-19)23-16-11-13(20)6-7-17(16)27(28)29/h3-8,11-12H,9-10H2,1-2H3,(H2,22,23,24,25). The highest BCUT2D eigenvalue weighted by molar-refractivity contribution is 6.31. The first-order chi connectivity index (χ1) is 13.9. The van der Waals surface area contributed by atoms with Crippen molar-refractivity contribution in [2.45, 2.75) is 0 Å². The fraction of sp³-hybridized carbons (Fsp3) is 0.211. The maximum absolute atomic E-state index is 11.3. The number of nitrogens with one attached hydrogen (secondary N) is 2. The number of halogens is 1. The zero-order valence-corrected chi connectivity index (χ0v) is 16.7. The first-order valence-corrected chi connectivity index (χ1v) is 9.20. The summed E-state index contributed by atoms with van der Waals surface area (Å²) in [7, 11) is 3.94. The summed E-state index contributed by atoms with van der Waals surface area (Å²) < 4.78 is 0. The van der Waals surface area contributed by atoms with Crippen molar-refractivity contribution in [3.63, 3.8) is 0 Å². The van der Waals surface area contributed by atoms with E-state index in [1.807, 2.05) is 37.2 Å². The van der Waals surface area contributed by atoms with E-state index in [0.29, 0.717) is 34.7 Å². The maximum Gasteiger partial charge on any atom is 0.292 e. The van der Waals surface area contributed by atoms with Crippen molar-refractivity contribution in [1.82, 2.24) is 19.9 Å². The predicted molar refractivity (Wildman–Crippen MR) is 114 cm³/mol. The van der Waals surface area contributed by atoms with Crippen LogP contribution in [0.2, 0.25) is 5.02 Å². The summed E-state index contributed by atoms with van der Waals surface area (Å²) in [6, 6.07) is 11.5. The molecular weight excluding hydrogens is 394 g/mol. The molecule has 3 rings (SSSR count). The van der Waals surface area contributed by atoms with Gasteiger partial charge in [-0.25, -0.2) is 4.98 Å². The summed E-state index contributed by atoms with van der Waals surface area (Å²) in [4.78, 5) is 26.2. The van der Waals surface area contributed by atoms with Gasteiger partial charge in [0.05, 0.1) is 16.3 Å². The van der Waals surface area contributed by atoms with Crippen molar-refractivity contribution in [2.24, 2.45) is 0 Å². The predicted octanol–water partition coefficient (Wildman–Crippen LogP) is 3.82. The lowest BCUT2D eigenvalue weighted by molar-refractivity contribution is -0.383. The first kappa shape index (κ1) is 20.4. The number of nitro groups is 1. The van der Waals surface area contributed by atoms with E-state index in [1.165, 1.54) is 18.2 Å². The molecule has 0 saturated heterocycles. The van der Waals surface area contributed by atoms with Gasteiger partial charge in [-0.15, -0.1) is 0 Å². The van der Waals surface area contributed by atoms with Gasteiger partial charge >= 0.3 is 0 Å². The average molecular weight is 414 g/mol. The van der Waals surface area contributed by atoms with Crippen LogP contribution in [0.25, 0.3) is 11.4 Å². The van der Waals surface area contributed by atoms with Crippen molar-refractivity contribution in [2.75, 3.05) is 37.8 Å². The van der Waals surface area contributed by atoms with E-state index in [-0.39, 0.29) is 11.4 Å². The molecule has 0 radical (unpaired) electrons. The Labute approximate surface area is 172 Å². The van der Waals surface area contributed by atoms with Crippen molar-refractivity contribution in [1.29, 1.82) is 0 Å². The summed E-state index contributed by atoms with van der Waals surface area (Å²) >= 11 is 6.02. The number of hydrogen-bond acceptors (Lipinski definition) is 8. The summed E-state index contributed by atoms with van der Waals surface area (Å²) in [5, 5.41) is 17.9. The van der Waals surface area contributed by atoms with Crippen LogP contribution in [0.5, 0.6) is 0 Å². The van der Waals surface area contributed by atoms with Gasteiger partial charge in [0.25, 0.3) is 5.69 Å². The molecule has 1 aromatic carbocycles. The third-order valence-electron chi connectivity index (χ3n) is 3.91. The number of pyridine rings is 1. The first-order valence-electron chi connectivity index (χ1n) is 8.82. The molecule has 2 N–H and O–H groups in total. The van der Waals surface area contributed by atoms with E-state index in [4.69, 9.17) is 11.6 Å². The van der Waals surface area contributed by atoms with Gasteiger partial charge in [-0.2, -0.15) is 4.98 Å². The molecule has 0 aliphatic heterocycles. The van der Waals surface area contributed by atoms with Gasteiger partial charge in [0.1, 0.15) is 11.5 Å². The SMILES string of the molecule is CN(C)CCNc1nc(Nc2cc(Cl)ccc2[N+](=O)[O-])cc(-c2ccccn2)n1. The molecule has 0 aliphatic rings. The average Bonchev–Trinajstić information content (AvgIpc) is 2.68. The molecule has 9 nitrogen and oxygen atoms in total. The van der Waals surface area contributed by atoms with Crippen molar-refractivity contribution >= 4 is 34.7 Å². The van der Waals surface area contributed by atoms with E-state index in [2.05, 4.69) is 25.6 Å². The minimum atomic E-state index is -0.476. The van der Waals surface area contributed by atoms with Gasteiger partial charge in [-0.05, 0) is 38.4 Å². The van der Waals surface area contributed by atoms with Gasteiger partial charge in [-0.1, -0.05) is 17.7 Å². The monoisotopic (exact) mass is 413 g/mol. The van der Waals surface area contributed by atoms with Crippen LogP contribution < -0.4 is 10.6 Å².